The molecule has 0 aliphatic rings. The molecule has 2 aromatic rings. The Balaban J connectivity index is 2.48. The summed E-state index contributed by atoms with van der Waals surface area (Å²) >= 11 is 0. The van der Waals surface area contributed by atoms with Gasteiger partial charge in [0.05, 0.1) is 5.75 Å². The largest absolute Gasteiger partial charge is 0.463 e. The third-order valence-electron chi connectivity index (χ3n) is 2.79. The van der Waals surface area contributed by atoms with E-state index >= 15 is 0 Å². The van der Waals surface area contributed by atoms with Crippen molar-refractivity contribution in [3.63, 3.8) is 0 Å². The average molecular weight is 268 g/mol. The Kier molecular flexibility index (Phi) is 3.21. The van der Waals surface area contributed by atoms with Gasteiger partial charge in [-0.3, -0.25) is 0 Å². The molecule has 0 saturated heterocycles. The lowest BCUT2D eigenvalue weighted by Crippen LogP contribution is -2.27. The molecule has 2 rings (SSSR count). The maximum Gasteiger partial charge on any atom is 0.182 e. The van der Waals surface area contributed by atoms with Crippen LogP contribution in [0.3, 0.4) is 0 Å². The normalized spacial score (nSPS) is 13.1. The van der Waals surface area contributed by atoms with Gasteiger partial charge < -0.3 is 9.52 Å². The third kappa shape index (κ3) is 2.42. The Morgan fingerprint density at radius 1 is 1.28 bits per heavy atom. The number of hydrogen-bond donors (Lipinski definition) is 1. The third-order valence-corrected chi connectivity index (χ3v) is 4.94. The van der Waals surface area contributed by atoms with E-state index in [1.807, 2.05) is 0 Å². The van der Waals surface area contributed by atoms with Crippen LogP contribution in [0, 0.1) is 5.41 Å². The van der Waals surface area contributed by atoms with E-state index in [0.29, 0.717) is 11.0 Å². The van der Waals surface area contributed by atoms with Gasteiger partial charge in [-0.25, -0.2) is 8.42 Å². The van der Waals surface area contributed by atoms with Crippen LogP contribution in [0.2, 0.25) is 0 Å². The summed E-state index contributed by atoms with van der Waals surface area (Å²) in [4.78, 5) is 0.194. The van der Waals surface area contributed by atoms with Crippen molar-refractivity contribution in [2.75, 3.05) is 12.4 Å². The van der Waals surface area contributed by atoms with E-state index < -0.39 is 15.3 Å². The van der Waals surface area contributed by atoms with Crippen LogP contribution < -0.4 is 0 Å². The molecule has 0 fully saturated rings. The highest BCUT2D eigenvalue weighted by Crippen LogP contribution is 2.29. The van der Waals surface area contributed by atoms with Gasteiger partial charge in [0.15, 0.2) is 9.84 Å². The second-order valence-electron chi connectivity index (χ2n) is 5.18. The first-order chi connectivity index (χ1) is 8.36. The molecule has 0 aliphatic heterocycles. The SMILES string of the molecule is CC(C)(CO)CS(=O)(=O)c1coc2ccccc12. The number of sulfone groups is 1. The second kappa shape index (κ2) is 4.40. The predicted octanol–water partition coefficient (Wildman–Crippen LogP) is 2.22. The van der Waals surface area contributed by atoms with Crippen LogP contribution in [0.15, 0.2) is 39.8 Å². The smallest absolute Gasteiger partial charge is 0.182 e. The molecular formula is C13H16O4S. The summed E-state index contributed by atoms with van der Waals surface area (Å²) in [5, 5.41) is 9.77. The van der Waals surface area contributed by atoms with Gasteiger partial charge in [0.1, 0.15) is 16.7 Å². The quantitative estimate of drug-likeness (QED) is 0.923. The summed E-state index contributed by atoms with van der Waals surface area (Å²) < 4.78 is 29.9. The van der Waals surface area contributed by atoms with Gasteiger partial charge in [0.2, 0.25) is 0 Å². The van der Waals surface area contributed by atoms with Gasteiger partial charge in [-0.1, -0.05) is 26.0 Å². The van der Waals surface area contributed by atoms with Crippen LogP contribution in [-0.2, 0) is 9.84 Å². The molecular weight excluding hydrogens is 252 g/mol. The van der Waals surface area contributed by atoms with Gasteiger partial charge in [0.25, 0.3) is 0 Å². The number of rotatable bonds is 4. The van der Waals surface area contributed by atoms with Gasteiger partial charge in [-0.2, -0.15) is 0 Å². The molecule has 0 spiro atoms. The minimum atomic E-state index is -3.47. The topological polar surface area (TPSA) is 67.5 Å². The Hall–Kier alpha value is -1.33. The summed E-state index contributed by atoms with van der Waals surface area (Å²) in [5.41, 5.74) is -0.116. The zero-order chi connectivity index (χ0) is 13.4. The minimum Gasteiger partial charge on any atom is -0.463 e. The molecule has 0 unspecified atom stereocenters. The highest BCUT2D eigenvalue weighted by molar-refractivity contribution is 7.91. The summed E-state index contributed by atoms with van der Waals surface area (Å²) in [6.07, 6.45) is 1.27. The fourth-order valence-corrected chi connectivity index (χ4v) is 3.81. The van der Waals surface area contributed by atoms with Crippen LogP contribution in [-0.4, -0.2) is 25.9 Å². The van der Waals surface area contributed by atoms with Crippen molar-refractivity contribution in [1.29, 1.82) is 0 Å². The van der Waals surface area contributed by atoms with Crippen molar-refractivity contribution in [2.24, 2.45) is 5.41 Å². The van der Waals surface area contributed by atoms with Crippen molar-refractivity contribution in [3.05, 3.63) is 30.5 Å². The highest BCUT2D eigenvalue weighted by atomic mass is 32.2. The van der Waals surface area contributed by atoms with Crippen molar-refractivity contribution in [2.45, 2.75) is 18.7 Å². The van der Waals surface area contributed by atoms with Gasteiger partial charge in [-0.15, -0.1) is 0 Å². The number of para-hydroxylation sites is 1. The number of furan rings is 1. The first-order valence-electron chi connectivity index (χ1n) is 5.66. The lowest BCUT2D eigenvalue weighted by Gasteiger charge is -2.20. The lowest BCUT2D eigenvalue weighted by atomic mass is 9.98. The molecule has 18 heavy (non-hydrogen) atoms. The molecule has 5 heteroatoms. The van der Waals surface area contributed by atoms with Gasteiger partial charge >= 0.3 is 0 Å². The number of benzene rings is 1. The predicted molar refractivity (Wildman–Crippen MR) is 69.1 cm³/mol. The molecule has 0 bridgehead atoms. The fourth-order valence-electron chi connectivity index (χ4n) is 1.83. The van der Waals surface area contributed by atoms with Crippen molar-refractivity contribution in [3.8, 4) is 0 Å². The van der Waals surface area contributed by atoms with Crippen LogP contribution in [0.5, 0.6) is 0 Å². The minimum absolute atomic E-state index is 0.111. The van der Waals surface area contributed by atoms with Gasteiger partial charge in [0, 0.05) is 17.4 Å². The average Bonchev–Trinajstić information content (AvgIpc) is 2.72. The standard InChI is InChI=1S/C13H16O4S/c1-13(2,8-14)9-18(15,16)12-7-17-11-6-4-3-5-10(11)12/h3-7,14H,8-9H2,1-2H3. The monoisotopic (exact) mass is 268 g/mol. The van der Waals surface area contributed by atoms with Crippen LogP contribution in [0.4, 0.5) is 0 Å². The lowest BCUT2D eigenvalue weighted by molar-refractivity contribution is 0.179. The second-order valence-corrected chi connectivity index (χ2v) is 7.14. The number of hydrogen-bond acceptors (Lipinski definition) is 4. The molecule has 1 aromatic heterocycles. The Labute approximate surface area is 106 Å². The molecule has 0 amide bonds. The van der Waals surface area contributed by atoms with E-state index in [4.69, 9.17) is 4.42 Å². The Morgan fingerprint density at radius 2 is 1.94 bits per heavy atom. The molecule has 1 aromatic carbocycles. The summed E-state index contributed by atoms with van der Waals surface area (Å²) in [6, 6.07) is 7.01. The van der Waals surface area contributed by atoms with E-state index in [9.17, 15) is 13.5 Å². The molecule has 1 N–H and O–H groups in total. The van der Waals surface area contributed by atoms with Crippen molar-refractivity contribution >= 4 is 20.8 Å². The van der Waals surface area contributed by atoms with Gasteiger partial charge in [-0.05, 0) is 12.1 Å². The maximum absolute atomic E-state index is 12.3. The summed E-state index contributed by atoms with van der Waals surface area (Å²) in [7, 11) is -3.47. The first kappa shape index (κ1) is 13.1. The zero-order valence-corrected chi connectivity index (χ0v) is 11.2. The molecule has 0 saturated carbocycles. The van der Waals surface area contributed by atoms with Crippen LogP contribution in [0.25, 0.3) is 11.0 Å². The summed E-state index contributed by atoms with van der Waals surface area (Å²) in [5.74, 6) is -0.111. The van der Waals surface area contributed by atoms with E-state index in [-0.39, 0.29) is 17.3 Å². The Bertz CT molecular complexity index is 652. The molecule has 1 heterocycles. The highest BCUT2D eigenvalue weighted by Gasteiger charge is 2.29. The van der Waals surface area contributed by atoms with Crippen LogP contribution >= 0.6 is 0 Å². The van der Waals surface area contributed by atoms with E-state index in [2.05, 4.69) is 0 Å². The van der Waals surface area contributed by atoms with E-state index in [0.717, 1.165) is 0 Å². The van der Waals surface area contributed by atoms with Crippen molar-refractivity contribution in [1.82, 2.24) is 0 Å². The maximum atomic E-state index is 12.3. The fraction of sp³-hybridized carbons (Fsp3) is 0.385. The first-order valence-corrected chi connectivity index (χ1v) is 7.31. The van der Waals surface area contributed by atoms with E-state index in [1.54, 1.807) is 38.1 Å². The number of aliphatic hydroxyl groups is 1. The molecule has 98 valence electrons. The molecule has 0 atom stereocenters. The van der Waals surface area contributed by atoms with E-state index in [1.165, 1.54) is 6.26 Å². The van der Waals surface area contributed by atoms with Crippen molar-refractivity contribution < 1.29 is 17.9 Å². The Morgan fingerprint density at radius 3 is 2.61 bits per heavy atom. The number of aliphatic hydroxyl groups excluding tert-OH is 1. The molecule has 4 nitrogen and oxygen atoms in total. The summed E-state index contributed by atoms with van der Waals surface area (Å²) in [6.45, 7) is 3.25. The zero-order valence-electron chi connectivity index (χ0n) is 10.4. The molecule has 0 radical (unpaired) electrons. The number of fused-ring (bicyclic) bond motifs is 1. The van der Waals surface area contributed by atoms with Crippen LogP contribution in [0.1, 0.15) is 13.8 Å². The molecule has 0 aliphatic carbocycles.